The van der Waals surface area contributed by atoms with Crippen LogP contribution < -0.4 is 11.1 Å². The van der Waals surface area contributed by atoms with Gasteiger partial charge in [0, 0.05) is 12.2 Å². The molecule has 0 saturated carbocycles. The summed E-state index contributed by atoms with van der Waals surface area (Å²) in [5.41, 5.74) is 8.02. The number of rotatable bonds is 3. The van der Waals surface area contributed by atoms with Crippen molar-refractivity contribution in [3.05, 3.63) is 18.2 Å². The number of nitrogen functional groups attached to an aromatic ring is 1. The summed E-state index contributed by atoms with van der Waals surface area (Å²) in [6.07, 6.45) is 2.49. The van der Waals surface area contributed by atoms with E-state index in [1.165, 1.54) is 25.9 Å². The number of piperidine rings is 1. The van der Waals surface area contributed by atoms with Gasteiger partial charge in [-0.2, -0.15) is 0 Å². The molecule has 2 aromatic rings. The zero-order valence-corrected chi connectivity index (χ0v) is 13.0. The highest BCUT2D eigenvalue weighted by Gasteiger charge is 2.28. The molecule has 1 aromatic carbocycles. The first-order valence-electron chi connectivity index (χ1n) is 7.13. The number of fused-ring (bicyclic) bond motifs is 1. The molecule has 4 nitrogen and oxygen atoms in total. The molecule has 0 unspecified atom stereocenters. The minimum Gasteiger partial charge on any atom is -0.399 e. The number of likely N-dealkylation sites (tertiary alicyclic amines) is 1. The van der Waals surface area contributed by atoms with Crippen molar-refractivity contribution in [2.75, 3.05) is 37.7 Å². The van der Waals surface area contributed by atoms with Crippen molar-refractivity contribution >= 4 is 32.4 Å². The lowest BCUT2D eigenvalue weighted by molar-refractivity contribution is 0.150. The third-order valence-electron chi connectivity index (χ3n) is 4.27. The van der Waals surface area contributed by atoms with Gasteiger partial charge in [0.1, 0.15) is 0 Å². The zero-order valence-electron chi connectivity index (χ0n) is 12.1. The molecule has 0 aliphatic carbocycles. The molecule has 1 aromatic heterocycles. The van der Waals surface area contributed by atoms with E-state index in [0.717, 1.165) is 27.6 Å². The van der Waals surface area contributed by atoms with Gasteiger partial charge in [-0.1, -0.05) is 18.3 Å². The Morgan fingerprint density at radius 2 is 2.15 bits per heavy atom. The summed E-state index contributed by atoms with van der Waals surface area (Å²) in [5, 5.41) is 4.53. The molecule has 3 rings (SSSR count). The van der Waals surface area contributed by atoms with E-state index in [2.05, 4.69) is 29.2 Å². The van der Waals surface area contributed by atoms with Crippen LogP contribution in [0.3, 0.4) is 0 Å². The standard InChI is InChI=1S/C15H22N4S/c1-15(5-7-19(2)8-6-15)10-17-14-18-12-4-3-11(16)9-13(12)20-14/h3-4,9H,5-8,10,16H2,1-2H3,(H,17,18). The van der Waals surface area contributed by atoms with Gasteiger partial charge in [-0.3, -0.25) is 0 Å². The number of thiazole rings is 1. The highest BCUT2D eigenvalue weighted by molar-refractivity contribution is 7.22. The first-order chi connectivity index (χ1) is 9.54. The molecule has 0 amide bonds. The molecule has 1 fully saturated rings. The second-order valence-corrected chi connectivity index (χ2v) is 7.24. The summed E-state index contributed by atoms with van der Waals surface area (Å²) in [5.74, 6) is 0. The Hall–Kier alpha value is -1.33. The van der Waals surface area contributed by atoms with Crippen LogP contribution >= 0.6 is 11.3 Å². The molecule has 108 valence electrons. The minimum absolute atomic E-state index is 0.378. The van der Waals surface area contributed by atoms with Crippen molar-refractivity contribution in [1.82, 2.24) is 9.88 Å². The Bertz CT molecular complexity index is 599. The highest BCUT2D eigenvalue weighted by atomic mass is 32.1. The highest BCUT2D eigenvalue weighted by Crippen LogP contribution is 2.32. The molecule has 1 saturated heterocycles. The lowest BCUT2D eigenvalue weighted by Crippen LogP contribution is -2.40. The molecule has 0 atom stereocenters. The number of aromatic nitrogens is 1. The molecular weight excluding hydrogens is 268 g/mol. The van der Waals surface area contributed by atoms with Gasteiger partial charge in [-0.15, -0.1) is 0 Å². The van der Waals surface area contributed by atoms with Gasteiger partial charge in [0.25, 0.3) is 0 Å². The van der Waals surface area contributed by atoms with E-state index in [1.807, 2.05) is 18.2 Å². The van der Waals surface area contributed by atoms with Crippen LogP contribution in [-0.4, -0.2) is 36.6 Å². The molecular formula is C15H22N4S. The van der Waals surface area contributed by atoms with Gasteiger partial charge in [0.15, 0.2) is 5.13 Å². The molecule has 3 N–H and O–H groups in total. The number of anilines is 2. The van der Waals surface area contributed by atoms with Gasteiger partial charge in [0.05, 0.1) is 10.2 Å². The summed E-state index contributed by atoms with van der Waals surface area (Å²) in [6, 6.07) is 5.89. The van der Waals surface area contributed by atoms with Gasteiger partial charge >= 0.3 is 0 Å². The normalized spacial score (nSPS) is 19.3. The van der Waals surface area contributed by atoms with Crippen LogP contribution in [-0.2, 0) is 0 Å². The van der Waals surface area contributed by atoms with E-state index >= 15 is 0 Å². The predicted octanol–water partition coefficient (Wildman–Crippen LogP) is 3.02. The maximum atomic E-state index is 5.81. The first-order valence-corrected chi connectivity index (χ1v) is 7.94. The SMILES string of the molecule is CN1CCC(C)(CNc2nc3ccc(N)cc3s2)CC1. The Balaban J connectivity index is 1.67. The number of hydrogen-bond acceptors (Lipinski definition) is 5. The second-order valence-electron chi connectivity index (χ2n) is 6.21. The summed E-state index contributed by atoms with van der Waals surface area (Å²) in [6.45, 7) is 5.75. The fraction of sp³-hybridized carbons (Fsp3) is 0.533. The molecule has 0 radical (unpaired) electrons. The number of benzene rings is 1. The third-order valence-corrected chi connectivity index (χ3v) is 5.25. The average molecular weight is 290 g/mol. The van der Waals surface area contributed by atoms with Crippen LogP contribution in [0.25, 0.3) is 10.2 Å². The molecule has 0 spiro atoms. The van der Waals surface area contributed by atoms with Crippen LogP contribution in [0.5, 0.6) is 0 Å². The molecule has 0 bridgehead atoms. The molecule has 20 heavy (non-hydrogen) atoms. The van der Waals surface area contributed by atoms with Gasteiger partial charge in [-0.25, -0.2) is 4.98 Å². The van der Waals surface area contributed by atoms with E-state index in [-0.39, 0.29) is 0 Å². The van der Waals surface area contributed by atoms with Crippen molar-refractivity contribution < 1.29 is 0 Å². The lowest BCUT2D eigenvalue weighted by Gasteiger charge is -2.37. The minimum atomic E-state index is 0.378. The Morgan fingerprint density at radius 3 is 2.90 bits per heavy atom. The summed E-state index contributed by atoms with van der Waals surface area (Å²) >= 11 is 1.69. The molecule has 5 heteroatoms. The molecule has 2 heterocycles. The van der Waals surface area contributed by atoms with Crippen molar-refractivity contribution in [3.63, 3.8) is 0 Å². The predicted molar refractivity (Wildman–Crippen MR) is 87.4 cm³/mol. The topological polar surface area (TPSA) is 54.2 Å². The van der Waals surface area contributed by atoms with Gasteiger partial charge in [0.2, 0.25) is 0 Å². The number of hydrogen-bond donors (Lipinski definition) is 2. The quantitative estimate of drug-likeness (QED) is 0.853. The smallest absolute Gasteiger partial charge is 0.183 e. The van der Waals surface area contributed by atoms with Crippen LogP contribution in [0.4, 0.5) is 10.8 Å². The first kappa shape index (κ1) is 13.6. The Labute approximate surface area is 124 Å². The van der Waals surface area contributed by atoms with E-state index in [4.69, 9.17) is 5.73 Å². The zero-order chi connectivity index (χ0) is 14.2. The Morgan fingerprint density at radius 1 is 1.40 bits per heavy atom. The number of nitrogens with two attached hydrogens (primary N) is 1. The van der Waals surface area contributed by atoms with E-state index in [0.29, 0.717) is 5.41 Å². The fourth-order valence-corrected chi connectivity index (χ4v) is 3.55. The average Bonchev–Trinajstić information content (AvgIpc) is 2.82. The maximum Gasteiger partial charge on any atom is 0.183 e. The van der Waals surface area contributed by atoms with Crippen molar-refractivity contribution in [2.24, 2.45) is 5.41 Å². The van der Waals surface area contributed by atoms with Gasteiger partial charge < -0.3 is 16.0 Å². The number of nitrogens with one attached hydrogen (secondary N) is 1. The monoisotopic (exact) mass is 290 g/mol. The molecule has 1 aliphatic heterocycles. The summed E-state index contributed by atoms with van der Waals surface area (Å²) in [4.78, 5) is 7.03. The van der Waals surface area contributed by atoms with Gasteiger partial charge in [-0.05, 0) is 56.6 Å². The summed E-state index contributed by atoms with van der Waals surface area (Å²) in [7, 11) is 2.20. The van der Waals surface area contributed by atoms with E-state index in [1.54, 1.807) is 11.3 Å². The van der Waals surface area contributed by atoms with Crippen molar-refractivity contribution in [2.45, 2.75) is 19.8 Å². The maximum absolute atomic E-state index is 5.81. The molecule has 1 aliphatic rings. The largest absolute Gasteiger partial charge is 0.399 e. The van der Waals surface area contributed by atoms with E-state index in [9.17, 15) is 0 Å². The van der Waals surface area contributed by atoms with E-state index < -0.39 is 0 Å². The van der Waals surface area contributed by atoms with Crippen LogP contribution in [0.15, 0.2) is 18.2 Å². The third kappa shape index (κ3) is 2.88. The Kier molecular flexibility index (Phi) is 3.56. The van der Waals surface area contributed by atoms with Crippen LogP contribution in [0.1, 0.15) is 19.8 Å². The van der Waals surface area contributed by atoms with Crippen LogP contribution in [0.2, 0.25) is 0 Å². The summed E-state index contributed by atoms with van der Waals surface area (Å²) < 4.78 is 1.15. The van der Waals surface area contributed by atoms with Crippen molar-refractivity contribution in [3.8, 4) is 0 Å². The number of nitrogens with zero attached hydrogens (tertiary/aromatic N) is 2. The second kappa shape index (κ2) is 5.22. The lowest BCUT2D eigenvalue weighted by atomic mass is 9.80. The van der Waals surface area contributed by atoms with Crippen LogP contribution in [0, 0.1) is 5.41 Å². The fourth-order valence-electron chi connectivity index (χ4n) is 2.64. The van der Waals surface area contributed by atoms with Crippen molar-refractivity contribution in [1.29, 1.82) is 0 Å².